The zero-order chi connectivity index (χ0) is 20.2. The van der Waals surface area contributed by atoms with Crippen molar-refractivity contribution < 1.29 is 19.4 Å². The second kappa shape index (κ2) is 8.84. The number of carbonyl (C=O) groups is 1. The molecule has 6 nitrogen and oxygen atoms in total. The first-order valence-corrected chi connectivity index (χ1v) is 10.2. The highest BCUT2D eigenvalue weighted by atomic mass is 16.5. The van der Waals surface area contributed by atoms with E-state index in [1.807, 2.05) is 36.4 Å². The molecule has 2 aromatic rings. The van der Waals surface area contributed by atoms with Crippen LogP contribution in [0, 0.1) is 0 Å². The quantitative estimate of drug-likeness (QED) is 0.785. The summed E-state index contributed by atoms with van der Waals surface area (Å²) < 4.78 is 11.3. The highest BCUT2D eigenvalue weighted by Gasteiger charge is 2.47. The molecule has 0 radical (unpaired) electrons. The van der Waals surface area contributed by atoms with Gasteiger partial charge in [0.15, 0.2) is 0 Å². The van der Waals surface area contributed by atoms with E-state index in [1.165, 1.54) is 0 Å². The topological polar surface area (TPSA) is 71.0 Å². The number of hydrogen-bond donors (Lipinski definition) is 2. The molecule has 29 heavy (non-hydrogen) atoms. The fourth-order valence-electron chi connectivity index (χ4n) is 4.45. The Morgan fingerprint density at radius 3 is 2.52 bits per heavy atom. The number of hydrogen-bond acceptors (Lipinski definition) is 5. The van der Waals surface area contributed by atoms with E-state index in [-0.39, 0.29) is 24.1 Å². The van der Waals surface area contributed by atoms with E-state index < -0.39 is 6.10 Å². The molecule has 1 heterocycles. The van der Waals surface area contributed by atoms with Crippen LogP contribution in [0.5, 0.6) is 11.5 Å². The van der Waals surface area contributed by atoms with Crippen LogP contribution in [-0.4, -0.2) is 60.4 Å². The molecule has 1 aliphatic carbocycles. The van der Waals surface area contributed by atoms with Crippen LogP contribution in [0.1, 0.15) is 29.6 Å². The number of aliphatic hydroxyl groups is 1. The number of amides is 1. The Morgan fingerprint density at radius 2 is 1.79 bits per heavy atom. The first-order valence-electron chi connectivity index (χ1n) is 10.2. The second-order valence-corrected chi connectivity index (χ2v) is 7.74. The average Bonchev–Trinajstić information content (AvgIpc) is 3.37. The van der Waals surface area contributed by atoms with Gasteiger partial charge in [0.05, 0.1) is 19.2 Å². The highest BCUT2D eigenvalue weighted by molar-refractivity contribution is 5.94. The third-order valence-corrected chi connectivity index (χ3v) is 5.87. The normalized spacial score (nSPS) is 27.0. The van der Waals surface area contributed by atoms with Crippen LogP contribution in [0.4, 0.5) is 0 Å². The van der Waals surface area contributed by atoms with Crippen molar-refractivity contribution in [1.82, 2.24) is 10.2 Å². The molecule has 2 aliphatic rings. The number of ether oxygens (including phenoxy) is 2. The SMILES string of the molecule is COc1cccc(C(=O)N[C@@H]2C[C@@H](Oc3ccccc3)[C@H](O)[C@H]2N2CCCC2)c1. The maximum absolute atomic E-state index is 12.9. The Hall–Kier alpha value is -2.57. The van der Waals surface area contributed by atoms with Crippen LogP contribution in [0.25, 0.3) is 0 Å². The van der Waals surface area contributed by atoms with Gasteiger partial charge in [0, 0.05) is 12.0 Å². The lowest BCUT2D eigenvalue weighted by molar-refractivity contribution is 0.0139. The van der Waals surface area contributed by atoms with Crippen molar-refractivity contribution >= 4 is 5.91 Å². The van der Waals surface area contributed by atoms with E-state index in [9.17, 15) is 9.90 Å². The summed E-state index contributed by atoms with van der Waals surface area (Å²) in [5, 5.41) is 14.2. The van der Waals surface area contributed by atoms with E-state index in [4.69, 9.17) is 9.47 Å². The zero-order valence-electron chi connectivity index (χ0n) is 16.7. The molecule has 4 atom stereocenters. The first-order chi connectivity index (χ1) is 14.2. The molecule has 1 aliphatic heterocycles. The van der Waals surface area contributed by atoms with Gasteiger partial charge < -0.3 is 19.9 Å². The van der Waals surface area contributed by atoms with Crippen molar-refractivity contribution in [2.75, 3.05) is 20.2 Å². The Kier molecular flexibility index (Phi) is 6.02. The lowest BCUT2D eigenvalue weighted by Crippen LogP contribution is -2.52. The van der Waals surface area contributed by atoms with Crippen molar-refractivity contribution in [3.05, 3.63) is 60.2 Å². The fourth-order valence-corrected chi connectivity index (χ4v) is 4.45. The molecular weight excluding hydrogens is 368 g/mol. The number of nitrogens with one attached hydrogen (secondary N) is 1. The monoisotopic (exact) mass is 396 g/mol. The van der Waals surface area contributed by atoms with Gasteiger partial charge in [0.25, 0.3) is 5.91 Å². The van der Waals surface area contributed by atoms with E-state index >= 15 is 0 Å². The molecule has 2 fully saturated rings. The van der Waals surface area contributed by atoms with Gasteiger partial charge in [-0.2, -0.15) is 0 Å². The molecule has 154 valence electrons. The minimum atomic E-state index is -0.663. The predicted molar refractivity (Wildman–Crippen MR) is 110 cm³/mol. The third kappa shape index (κ3) is 4.38. The molecule has 6 heteroatoms. The van der Waals surface area contributed by atoms with Crippen LogP contribution in [-0.2, 0) is 0 Å². The number of benzene rings is 2. The maximum Gasteiger partial charge on any atom is 0.251 e. The van der Waals surface area contributed by atoms with Gasteiger partial charge in [-0.25, -0.2) is 0 Å². The summed E-state index contributed by atoms with van der Waals surface area (Å²) in [7, 11) is 1.58. The zero-order valence-corrected chi connectivity index (χ0v) is 16.7. The van der Waals surface area contributed by atoms with Crippen molar-refractivity contribution in [1.29, 1.82) is 0 Å². The molecule has 0 unspecified atom stereocenters. The predicted octanol–water partition coefficient (Wildman–Crippen LogP) is 2.47. The van der Waals surface area contributed by atoms with Crippen molar-refractivity contribution in [3.63, 3.8) is 0 Å². The van der Waals surface area contributed by atoms with E-state index in [0.717, 1.165) is 31.7 Å². The molecule has 4 rings (SSSR count). The Bertz CT molecular complexity index is 823. The molecule has 1 saturated heterocycles. The summed E-state index contributed by atoms with van der Waals surface area (Å²) in [6.45, 7) is 1.87. The third-order valence-electron chi connectivity index (χ3n) is 5.87. The standard InChI is InChI=1S/C23H28N2O4/c1-28-18-11-7-8-16(14-18)23(27)24-19-15-20(29-17-9-3-2-4-10-17)22(26)21(19)25-12-5-6-13-25/h2-4,7-11,14,19-22,26H,5-6,12-13,15H2,1H3,(H,24,27)/t19-,20-,21+,22+/m1/s1. The minimum absolute atomic E-state index is 0.152. The van der Waals surface area contributed by atoms with Crippen LogP contribution < -0.4 is 14.8 Å². The Labute approximate surface area is 171 Å². The van der Waals surface area contributed by atoms with Gasteiger partial charge in [0.2, 0.25) is 0 Å². The number of nitrogens with zero attached hydrogens (tertiary/aromatic N) is 1. The van der Waals surface area contributed by atoms with Gasteiger partial charge >= 0.3 is 0 Å². The van der Waals surface area contributed by atoms with Crippen molar-refractivity contribution in [2.24, 2.45) is 0 Å². The molecular formula is C23H28N2O4. The molecule has 2 aromatic carbocycles. The summed E-state index contributed by atoms with van der Waals surface area (Å²) in [5.74, 6) is 1.22. The molecule has 1 amide bonds. The smallest absolute Gasteiger partial charge is 0.251 e. The van der Waals surface area contributed by atoms with Gasteiger partial charge in [-0.3, -0.25) is 9.69 Å². The number of para-hydroxylation sites is 1. The van der Waals surface area contributed by atoms with Gasteiger partial charge in [-0.05, 0) is 56.3 Å². The molecule has 0 bridgehead atoms. The van der Waals surface area contributed by atoms with E-state index in [2.05, 4.69) is 10.2 Å². The lowest BCUT2D eigenvalue weighted by atomic mass is 10.1. The van der Waals surface area contributed by atoms with Crippen LogP contribution in [0.2, 0.25) is 0 Å². The lowest BCUT2D eigenvalue weighted by Gasteiger charge is -2.32. The summed E-state index contributed by atoms with van der Waals surface area (Å²) in [4.78, 5) is 15.2. The fraction of sp³-hybridized carbons (Fsp3) is 0.435. The van der Waals surface area contributed by atoms with Crippen molar-refractivity contribution in [2.45, 2.75) is 43.6 Å². The molecule has 0 aromatic heterocycles. The number of likely N-dealkylation sites (tertiary alicyclic amines) is 1. The van der Waals surface area contributed by atoms with Crippen molar-refractivity contribution in [3.8, 4) is 11.5 Å². The molecule has 2 N–H and O–H groups in total. The molecule has 1 saturated carbocycles. The van der Waals surface area contributed by atoms with Gasteiger partial charge in [0.1, 0.15) is 23.7 Å². The summed E-state index contributed by atoms with van der Waals surface area (Å²) in [5.41, 5.74) is 0.548. The highest BCUT2D eigenvalue weighted by Crippen LogP contribution is 2.31. The Balaban J connectivity index is 1.51. The summed E-state index contributed by atoms with van der Waals surface area (Å²) in [6, 6.07) is 16.3. The number of carbonyl (C=O) groups excluding carboxylic acids is 1. The number of rotatable bonds is 6. The van der Waals surface area contributed by atoms with E-state index in [1.54, 1.807) is 25.3 Å². The first kappa shape index (κ1) is 19.7. The largest absolute Gasteiger partial charge is 0.497 e. The number of methoxy groups -OCH3 is 1. The second-order valence-electron chi connectivity index (χ2n) is 7.74. The van der Waals surface area contributed by atoms with Crippen LogP contribution in [0.3, 0.4) is 0 Å². The minimum Gasteiger partial charge on any atom is -0.497 e. The molecule has 0 spiro atoms. The van der Waals surface area contributed by atoms with Gasteiger partial charge in [-0.15, -0.1) is 0 Å². The summed E-state index contributed by atoms with van der Waals surface area (Å²) >= 11 is 0. The Morgan fingerprint density at radius 1 is 1.07 bits per heavy atom. The van der Waals surface area contributed by atoms with Crippen LogP contribution >= 0.6 is 0 Å². The average molecular weight is 396 g/mol. The maximum atomic E-state index is 12.9. The van der Waals surface area contributed by atoms with E-state index in [0.29, 0.717) is 17.7 Å². The summed E-state index contributed by atoms with van der Waals surface area (Å²) in [6.07, 6.45) is 1.77. The van der Waals surface area contributed by atoms with Crippen LogP contribution in [0.15, 0.2) is 54.6 Å². The number of aliphatic hydroxyl groups excluding tert-OH is 1. The van der Waals surface area contributed by atoms with Gasteiger partial charge in [-0.1, -0.05) is 24.3 Å².